The normalized spacial score (nSPS) is 23.6. The summed E-state index contributed by atoms with van der Waals surface area (Å²) in [5.41, 5.74) is 0.332. The molecule has 0 saturated carbocycles. The molecule has 0 aromatic heterocycles. The van der Waals surface area contributed by atoms with Crippen LogP contribution in [0.1, 0.15) is 6.92 Å². The number of rotatable bonds is 3. The van der Waals surface area contributed by atoms with Gasteiger partial charge in [-0.1, -0.05) is 6.08 Å². The monoisotopic (exact) mass is 226 g/mol. The molecule has 1 aliphatic carbocycles. The van der Waals surface area contributed by atoms with E-state index in [9.17, 15) is 9.59 Å². The quantitative estimate of drug-likeness (QED) is 0.659. The fourth-order valence-corrected chi connectivity index (χ4v) is 1.50. The smallest absolute Gasteiger partial charge is 0.336 e. The molecule has 0 saturated heterocycles. The molecule has 0 bridgehead atoms. The number of ether oxygens (including phenoxy) is 3. The topological polar surface area (TPSA) is 61.8 Å². The second-order valence-corrected chi connectivity index (χ2v) is 3.23. The Balaban J connectivity index is 2.87. The van der Waals surface area contributed by atoms with E-state index in [1.54, 1.807) is 18.2 Å². The highest BCUT2D eigenvalue weighted by molar-refractivity contribution is 5.90. The van der Waals surface area contributed by atoms with Crippen LogP contribution in [0, 0.1) is 0 Å². The van der Waals surface area contributed by atoms with Gasteiger partial charge in [0.05, 0.1) is 12.7 Å². The molecule has 0 aromatic carbocycles. The zero-order valence-electron chi connectivity index (χ0n) is 9.43. The van der Waals surface area contributed by atoms with Crippen molar-refractivity contribution in [1.29, 1.82) is 0 Å². The lowest BCUT2D eigenvalue weighted by atomic mass is 9.99. The van der Waals surface area contributed by atoms with Crippen LogP contribution in [0.4, 0.5) is 0 Å². The number of hydrogen-bond acceptors (Lipinski definition) is 5. The minimum Gasteiger partial charge on any atom is -0.466 e. The van der Waals surface area contributed by atoms with E-state index in [0.717, 1.165) is 0 Å². The van der Waals surface area contributed by atoms with E-state index in [1.165, 1.54) is 21.1 Å². The molecular weight excluding hydrogens is 212 g/mol. The first kappa shape index (κ1) is 12.4. The Morgan fingerprint density at radius 1 is 1.31 bits per heavy atom. The van der Waals surface area contributed by atoms with Crippen molar-refractivity contribution >= 4 is 11.9 Å². The number of hydrogen-bond donors (Lipinski definition) is 0. The van der Waals surface area contributed by atoms with Crippen LogP contribution in [0.3, 0.4) is 0 Å². The van der Waals surface area contributed by atoms with Crippen molar-refractivity contribution in [3.05, 3.63) is 23.8 Å². The second kappa shape index (κ2) is 5.46. The number of methoxy groups -OCH3 is 2. The molecule has 2 unspecified atom stereocenters. The van der Waals surface area contributed by atoms with E-state index in [1.807, 2.05) is 0 Å². The summed E-state index contributed by atoms with van der Waals surface area (Å²) in [5, 5.41) is 0. The van der Waals surface area contributed by atoms with Gasteiger partial charge in [0, 0.05) is 14.0 Å². The Hall–Kier alpha value is -1.62. The predicted molar refractivity (Wildman–Crippen MR) is 55.6 cm³/mol. The third-order valence-electron chi connectivity index (χ3n) is 2.16. The molecule has 2 atom stereocenters. The lowest BCUT2D eigenvalue weighted by molar-refractivity contribution is -0.151. The van der Waals surface area contributed by atoms with Gasteiger partial charge in [0.1, 0.15) is 6.10 Å². The molecule has 0 amide bonds. The van der Waals surface area contributed by atoms with Gasteiger partial charge in [0.2, 0.25) is 0 Å². The largest absolute Gasteiger partial charge is 0.466 e. The van der Waals surface area contributed by atoms with Crippen LogP contribution in [-0.2, 0) is 23.8 Å². The molecule has 5 heteroatoms. The highest BCUT2D eigenvalue weighted by atomic mass is 16.6. The Labute approximate surface area is 93.7 Å². The van der Waals surface area contributed by atoms with Crippen molar-refractivity contribution in [2.75, 3.05) is 14.2 Å². The fourth-order valence-electron chi connectivity index (χ4n) is 1.50. The van der Waals surface area contributed by atoms with Gasteiger partial charge in [0.15, 0.2) is 6.10 Å². The molecule has 16 heavy (non-hydrogen) atoms. The molecule has 88 valence electrons. The molecule has 5 nitrogen and oxygen atoms in total. The molecular formula is C11H14O5. The molecule has 0 heterocycles. The van der Waals surface area contributed by atoms with Crippen LogP contribution < -0.4 is 0 Å². The standard InChI is InChI=1S/C11H14O5/c1-7(12)16-9-6-4-5-8(10(9)14-2)11(13)15-3/h4-6,9-10H,1-3H3. The Kier molecular flexibility index (Phi) is 4.25. The Morgan fingerprint density at radius 2 is 2.00 bits per heavy atom. The van der Waals surface area contributed by atoms with Gasteiger partial charge in [-0.3, -0.25) is 4.79 Å². The lowest BCUT2D eigenvalue weighted by Gasteiger charge is -2.26. The fraction of sp³-hybridized carbons (Fsp3) is 0.455. The van der Waals surface area contributed by atoms with Crippen molar-refractivity contribution in [2.45, 2.75) is 19.1 Å². The third kappa shape index (κ3) is 2.70. The zero-order valence-corrected chi connectivity index (χ0v) is 9.43. The van der Waals surface area contributed by atoms with Crippen LogP contribution >= 0.6 is 0 Å². The first-order valence-corrected chi connectivity index (χ1v) is 4.77. The first-order valence-electron chi connectivity index (χ1n) is 4.77. The van der Waals surface area contributed by atoms with Gasteiger partial charge in [-0.15, -0.1) is 0 Å². The molecule has 0 N–H and O–H groups in total. The Morgan fingerprint density at radius 3 is 2.50 bits per heavy atom. The molecule has 0 fully saturated rings. The second-order valence-electron chi connectivity index (χ2n) is 3.23. The minimum absolute atomic E-state index is 0.332. The van der Waals surface area contributed by atoms with Crippen molar-refractivity contribution in [3.63, 3.8) is 0 Å². The van der Waals surface area contributed by atoms with Gasteiger partial charge < -0.3 is 14.2 Å². The summed E-state index contributed by atoms with van der Waals surface area (Å²) in [4.78, 5) is 22.3. The summed E-state index contributed by atoms with van der Waals surface area (Å²) in [6.45, 7) is 1.30. The van der Waals surface area contributed by atoms with Crippen LogP contribution in [-0.4, -0.2) is 38.4 Å². The van der Waals surface area contributed by atoms with Gasteiger partial charge in [-0.05, 0) is 12.2 Å². The first-order chi connectivity index (χ1) is 7.60. The van der Waals surface area contributed by atoms with E-state index < -0.39 is 24.1 Å². The maximum atomic E-state index is 11.4. The van der Waals surface area contributed by atoms with Crippen LogP contribution in [0.25, 0.3) is 0 Å². The third-order valence-corrected chi connectivity index (χ3v) is 2.16. The van der Waals surface area contributed by atoms with Gasteiger partial charge in [-0.2, -0.15) is 0 Å². The summed E-state index contributed by atoms with van der Waals surface area (Å²) in [5.74, 6) is -0.920. The molecule has 1 rings (SSSR count). The van der Waals surface area contributed by atoms with Gasteiger partial charge in [0.25, 0.3) is 0 Å². The highest BCUT2D eigenvalue weighted by Crippen LogP contribution is 2.20. The van der Waals surface area contributed by atoms with E-state index >= 15 is 0 Å². The lowest BCUT2D eigenvalue weighted by Crippen LogP contribution is -2.36. The Bertz CT molecular complexity index is 342. The van der Waals surface area contributed by atoms with Crippen molar-refractivity contribution < 1.29 is 23.8 Å². The van der Waals surface area contributed by atoms with Crippen molar-refractivity contribution in [2.24, 2.45) is 0 Å². The van der Waals surface area contributed by atoms with Crippen LogP contribution in [0.2, 0.25) is 0 Å². The SMILES string of the molecule is COC(=O)C1=CC=CC(OC(C)=O)C1OC. The minimum atomic E-state index is -0.624. The summed E-state index contributed by atoms with van der Waals surface area (Å²) in [6, 6.07) is 0. The van der Waals surface area contributed by atoms with E-state index in [0.29, 0.717) is 5.57 Å². The average molecular weight is 226 g/mol. The number of esters is 2. The summed E-state index contributed by atoms with van der Waals surface area (Å²) in [6.07, 6.45) is 3.65. The molecule has 0 spiro atoms. The van der Waals surface area contributed by atoms with Gasteiger partial charge >= 0.3 is 11.9 Å². The summed E-state index contributed by atoms with van der Waals surface area (Å²) < 4.78 is 14.8. The number of carbonyl (C=O) groups excluding carboxylic acids is 2. The molecule has 1 aliphatic rings. The maximum Gasteiger partial charge on any atom is 0.336 e. The van der Waals surface area contributed by atoms with E-state index in [2.05, 4.69) is 4.74 Å². The average Bonchev–Trinajstić information content (AvgIpc) is 2.27. The maximum absolute atomic E-state index is 11.4. The predicted octanol–water partition coefficient (Wildman–Crippen LogP) is 0.602. The highest BCUT2D eigenvalue weighted by Gasteiger charge is 2.32. The zero-order chi connectivity index (χ0) is 12.1. The number of allylic oxidation sites excluding steroid dienone is 2. The summed E-state index contributed by atoms with van der Waals surface area (Å²) >= 11 is 0. The van der Waals surface area contributed by atoms with E-state index in [4.69, 9.17) is 9.47 Å². The van der Waals surface area contributed by atoms with Crippen LogP contribution in [0.15, 0.2) is 23.8 Å². The van der Waals surface area contributed by atoms with Gasteiger partial charge in [-0.25, -0.2) is 4.79 Å². The van der Waals surface area contributed by atoms with E-state index in [-0.39, 0.29) is 0 Å². The van der Waals surface area contributed by atoms with Crippen molar-refractivity contribution in [3.8, 4) is 0 Å². The van der Waals surface area contributed by atoms with Crippen LogP contribution in [0.5, 0.6) is 0 Å². The molecule has 0 radical (unpaired) electrons. The summed E-state index contributed by atoms with van der Waals surface area (Å²) in [7, 11) is 2.73. The molecule has 0 aliphatic heterocycles. The number of carbonyl (C=O) groups is 2. The molecule has 0 aromatic rings. The van der Waals surface area contributed by atoms with Crippen molar-refractivity contribution in [1.82, 2.24) is 0 Å².